The van der Waals surface area contributed by atoms with Crippen molar-refractivity contribution in [2.45, 2.75) is 19.0 Å². The fourth-order valence-corrected chi connectivity index (χ4v) is 3.95. The summed E-state index contributed by atoms with van der Waals surface area (Å²) in [6.45, 7) is 4.00. The normalized spacial score (nSPS) is 10.9. The van der Waals surface area contributed by atoms with Gasteiger partial charge in [-0.3, -0.25) is 14.3 Å². The van der Waals surface area contributed by atoms with Crippen LogP contribution in [0.3, 0.4) is 0 Å². The molecular weight excluding hydrogens is 432 g/mol. The van der Waals surface area contributed by atoms with Crippen molar-refractivity contribution < 1.29 is 13.6 Å². The molecule has 0 saturated heterocycles. The first-order valence-electron chi connectivity index (χ1n) is 9.74. The van der Waals surface area contributed by atoms with Crippen LogP contribution in [0.25, 0.3) is 17.2 Å². The number of carbonyl (C=O) groups is 1. The molecule has 0 aliphatic heterocycles. The van der Waals surface area contributed by atoms with Crippen LogP contribution in [0.1, 0.15) is 11.1 Å². The molecule has 0 fully saturated rings. The van der Waals surface area contributed by atoms with E-state index in [0.29, 0.717) is 16.7 Å². The van der Waals surface area contributed by atoms with Crippen molar-refractivity contribution in [3.63, 3.8) is 0 Å². The molecular formula is C23H19F2N5OS. The topological polar surface area (TPSA) is 72.7 Å². The lowest BCUT2D eigenvalue weighted by Gasteiger charge is -2.13. The molecule has 4 rings (SSSR count). The summed E-state index contributed by atoms with van der Waals surface area (Å²) in [4.78, 5) is 16.8. The fraction of sp³-hybridized carbons (Fsp3) is 0.130. The lowest BCUT2D eigenvalue weighted by atomic mass is 10.1. The molecule has 1 N–H and O–H groups in total. The van der Waals surface area contributed by atoms with Gasteiger partial charge in [0.1, 0.15) is 17.3 Å². The van der Waals surface area contributed by atoms with Crippen LogP contribution in [-0.4, -0.2) is 31.4 Å². The number of hydrogen-bond acceptors (Lipinski definition) is 5. The van der Waals surface area contributed by atoms with E-state index in [1.54, 1.807) is 6.20 Å². The quantitative estimate of drug-likeness (QED) is 0.420. The molecule has 2 aromatic carbocycles. The van der Waals surface area contributed by atoms with Gasteiger partial charge in [0.05, 0.1) is 17.1 Å². The average Bonchev–Trinajstić information content (AvgIpc) is 3.18. The van der Waals surface area contributed by atoms with Crippen molar-refractivity contribution in [3.05, 3.63) is 83.6 Å². The van der Waals surface area contributed by atoms with E-state index in [1.165, 1.54) is 6.07 Å². The van der Waals surface area contributed by atoms with Gasteiger partial charge in [0.25, 0.3) is 0 Å². The van der Waals surface area contributed by atoms with Crippen LogP contribution in [0.4, 0.5) is 14.5 Å². The molecule has 162 valence electrons. The Morgan fingerprint density at radius 2 is 1.91 bits per heavy atom. The van der Waals surface area contributed by atoms with E-state index in [4.69, 9.17) is 0 Å². The minimum Gasteiger partial charge on any atom is -0.323 e. The summed E-state index contributed by atoms with van der Waals surface area (Å²) in [6, 6.07) is 14.5. The summed E-state index contributed by atoms with van der Waals surface area (Å²) in [5.41, 5.74) is 3.57. The first-order valence-corrected chi connectivity index (χ1v) is 10.7. The van der Waals surface area contributed by atoms with Crippen molar-refractivity contribution >= 4 is 23.4 Å². The highest BCUT2D eigenvalue weighted by molar-refractivity contribution is 7.99. The third-order valence-corrected chi connectivity index (χ3v) is 5.59. The Hall–Kier alpha value is -3.59. The number of nitrogens with one attached hydrogen (secondary N) is 1. The molecule has 0 spiro atoms. The van der Waals surface area contributed by atoms with Gasteiger partial charge in [-0.1, -0.05) is 35.5 Å². The maximum absolute atomic E-state index is 13.8. The van der Waals surface area contributed by atoms with E-state index in [9.17, 15) is 13.6 Å². The molecule has 0 bridgehead atoms. The van der Waals surface area contributed by atoms with Gasteiger partial charge < -0.3 is 5.32 Å². The van der Waals surface area contributed by atoms with Gasteiger partial charge in [0.2, 0.25) is 5.91 Å². The molecule has 1 amide bonds. The number of benzene rings is 2. The molecule has 0 atom stereocenters. The monoisotopic (exact) mass is 451 g/mol. The Morgan fingerprint density at radius 3 is 2.62 bits per heavy atom. The molecule has 9 heteroatoms. The minimum absolute atomic E-state index is 0.0396. The van der Waals surface area contributed by atoms with Gasteiger partial charge in [0.15, 0.2) is 11.0 Å². The number of aryl methyl sites for hydroxylation is 2. The van der Waals surface area contributed by atoms with Crippen LogP contribution in [0, 0.1) is 25.5 Å². The Bertz CT molecular complexity index is 1280. The zero-order valence-corrected chi connectivity index (χ0v) is 18.2. The van der Waals surface area contributed by atoms with E-state index in [0.717, 1.165) is 40.7 Å². The number of hydrogen-bond donors (Lipinski definition) is 1. The van der Waals surface area contributed by atoms with Crippen LogP contribution >= 0.6 is 11.8 Å². The summed E-state index contributed by atoms with van der Waals surface area (Å²) in [5, 5.41) is 11.5. The molecule has 2 heterocycles. The Labute approximate surface area is 187 Å². The van der Waals surface area contributed by atoms with E-state index in [2.05, 4.69) is 26.6 Å². The number of thioether (sulfide) groups is 1. The van der Waals surface area contributed by atoms with Gasteiger partial charge >= 0.3 is 0 Å². The smallest absolute Gasteiger partial charge is 0.234 e. The molecule has 4 aromatic rings. The van der Waals surface area contributed by atoms with E-state index in [-0.39, 0.29) is 11.4 Å². The van der Waals surface area contributed by atoms with Crippen LogP contribution < -0.4 is 5.32 Å². The second-order valence-electron chi connectivity index (χ2n) is 7.11. The summed E-state index contributed by atoms with van der Waals surface area (Å²) in [7, 11) is 0. The number of pyridine rings is 1. The average molecular weight is 452 g/mol. The maximum Gasteiger partial charge on any atom is 0.234 e. The van der Waals surface area contributed by atoms with Crippen LogP contribution in [0.2, 0.25) is 0 Å². The lowest BCUT2D eigenvalue weighted by Crippen LogP contribution is -2.15. The molecule has 0 unspecified atom stereocenters. The van der Waals surface area contributed by atoms with Crippen molar-refractivity contribution in [2.75, 3.05) is 11.1 Å². The molecule has 0 aliphatic carbocycles. The molecule has 2 aromatic heterocycles. The van der Waals surface area contributed by atoms with E-state index < -0.39 is 17.5 Å². The summed E-state index contributed by atoms with van der Waals surface area (Å²) in [6.07, 6.45) is 1.67. The number of halogens is 2. The predicted octanol–water partition coefficient (Wildman–Crippen LogP) is 4.96. The Balaban J connectivity index is 1.62. The number of carbonyl (C=O) groups excluding carboxylic acids is 1. The number of anilines is 1. The standard InChI is InChI=1S/C23H19F2N5OS/c1-14-6-9-20(15(2)11-14)30-22(19-5-3-4-10-26-19)28-29-23(30)32-13-21(31)27-18-8-7-16(24)12-17(18)25/h3-12H,13H2,1-2H3,(H,27,31). The van der Waals surface area contributed by atoms with Gasteiger partial charge in [-0.25, -0.2) is 8.78 Å². The number of aromatic nitrogens is 4. The summed E-state index contributed by atoms with van der Waals surface area (Å²) in [5.74, 6) is -1.49. The highest BCUT2D eigenvalue weighted by atomic mass is 32.2. The molecule has 6 nitrogen and oxygen atoms in total. The Kier molecular flexibility index (Phi) is 6.27. The molecule has 0 radical (unpaired) electrons. The third-order valence-electron chi connectivity index (χ3n) is 4.66. The van der Waals surface area contributed by atoms with Crippen molar-refractivity contribution in [2.24, 2.45) is 0 Å². The summed E-state index contributed by atoms with van der Waals surface area (Å²) >= 11 is 1.16. The predicted molar refractivity (Wildman–Crippen MR) is 120 cm³/mol. The van der Waals surface area contributed by atoms with Gasteiger partial charge in [-0.05, 0) is 49.7 Å². The zero-order valence-electron chi connectivity index (χ0n) is 17.3. The number of rotatable bonds is 6. The van der Waals surface area contributed by atoms with Gasteiger partial charge in [-0.15, -0.1) is 10.2 Å². The van der Waals surface area contributed by atoms with Crippen LogP contribution in [-0.2, 0) is 4.79 Å². The Morgan fingerprint density at radius 1 is 1.06 bits per heavy atom. The second kappa shape index (κ2) is 9.27. The highest BCUT2D eigenvalue weighted by Crippen LogP contribution is 2.29. The minimum atomic E-state index is -0.834. The first-order chi connectivity index (χ1) is 15.4. The van der Waals surface area contributed by atoms with Crippen LogP contribution in [0.15, 0.2) is 66.0 Å². The van der Waals surface area contributed by atoms with Gasteiger partial charge in [0, 0.05) is 12.3 Å². The molecule has 32 heavy (non-hydrogen) atoms. The van der Waals surface area contributed by atoms with E-state index >= 15 is 0 Å². The van der Waals surface area contributed by atoms with Gasteiger partial charge in [-0.2, -0.15) is 0 Å². The van der Waals surface area contributed by atoms with E-state index in [1.807, 2.05) is 48.7 Å². The number of amides is 1. The fourth-order valence-electron chi connectivity index (χ4n) is 3.21. The second-order valence-corrected chi connectivity index (χ2v) is 8.05. The third kappa shape index (κ3) is 4.67. The van der Waals surface area contributed by atoms with Crippen LogP contribution in [0.5, 0.6) is 0 Å². The zero-order chi connectivity index (χ0) is 22.7. The molecule has 0 aliphatic rings. The SMILES string of the molecule is Cc1ccc(-n2c(SCC(=O)Nc3ccc(F)cc3F)nnc2-c2ccccn2)c(C)c1. The maximum atomic E-state index is 13.8. The number of nitrogens with zero attached hydrogens (tertiary/aromatic N) is 4. The first kappa shape index (κ1) is 21.6. The van der Waals surface area contributed by atoms with Crippen molar-refractivity contribution in [1.82, 2.24) is 19.7 Å². The van der Waals surface area contributed by atoms with Crippen molar-refractivity contribution in [1.29, 1.82) is 0 Å². The molecule has 0 saturated carbocycles. The largest absolute Gasteiger partial charge is 0.323 e. The lowest BCUT2D eigenvalue weighted by molar-refractivity contribution is -0.113. The van der Waals surface area contributed by atoms with Crippen molar-refractivity contribution in [3.8, 4) is 17.2 Å². The summed E-state index contributed by atoms with van der Waals surface area (Å²) < 4.78 is 28.8. The highest BCUT2D eigenvalue weighted by Gasteiger charge is 2.19.